The van der Waals surface area contributed by atoms with Gasteiger partial charge >= 0.3 is 0 Å². The number of anilines is 3. The van der Waals surface area contributed by atoms with Gasteiger partial charge in [-0.1, -0.05) is 29.9 Å². The van der Waals surface area contributed by atoms with E-state index in [1.165, 1.54) is 6.92 Å². The molecule has 0 fully saturated rings. The largest absolute Gasteiger partial charge is 0.389 e. The summed E-state index contributed by atoms with van der Waals surface area (Å²) in [6.07, 6.45) is 0. The molecule has 21 heavy (non-hydrogen) atoms. The molecule has 0 radical (unpaired) electrons. The van der Waals surface area contributed by atoms with Crippen molar-refractivity contribution in [2.24, 2.45) is 5.73 Å². The molecule has 0 atom stereocenters. The number of thiocarbonyl (C=S) groups is 1. The molecule has 4 nitrogen and oxygen atoms in total. The van der Waals surface area contributed by atoms with Gasteiger partial charge in [0.15, 0.2) is 0 Å². The van der Waals surface area contributed by atoms with Gasteiger partial charge in [-0.25, -0.2) is 0 Å². The van der Waals surface area contributed by atoms with E-state index in [1.807, 2.05) is 30.3 Å². The summed E-state index contributed by atoms with van der Waals surface area (Å²) in [4.78, 5) is 11.4. The first-order chi connectivity index (χ1) is 9.95. The van der Waals surface area contributed by atoms with Crippen molar-refractivity contribution in [2.75, 3.05) is 10.6 Å². The Balaban J connectivity index is 2.22. The fraction of sp³-hybridized carbons (Fsp3) is 0.0667. The molecular formula is C15H14ClN3OS. The van der Waals surface area contributed by atoms with Gasteiger partial charge in [0, 0.05) is 23.9 Å². The highest BCUT2D eigenvalue weighted by molar-refractivity contribution is 7.80. The summed E-state index contributed by atoms with van der Waals surface area (Å²) in [5, 5.41) is 6.43. The summed E-state index contributed by atoms with van der Waals surface area (Å²) >= 11 is 11.1. The van der Waals surface area contributed by atoms with E-state index in [1.54, 1.807) is 12.1 Å². The van der Waals surface area contributed by atoms with E-state index < -0.39 is 0 Å². The summed E-state index contributed by atoms with van der Waals surface area (Å²) < 4.78 is 0. The molecule has 1 amide bonds. The van der Waals surface area contributed by atoms with Crippen LogP contribution in [0.15, 0.2) is 42.5 Å². The summed E-state index contributed by atoms with van der Waals surface area (Å²) in [5.74, 6) is -0.119. The first-order valence-electron chi connectivity index (χ1n) is 6.20. The van der Waals surface area contributed by atoms with Crippen molar-refractivity contribution in [1.29, 1.82) is 0 Å². The molecule has 0 spiro atoms. The topological polar surface area (TPSA) is 67.2 Å². The number of carbonyl (C=O) groups excluding carboxylic acids is 1. The number of amides is 1. The van der Waals surface area contributed by atoms with Crippen molar-refractivity contribution in [3.8, 4) is 0 Å². The molecule has 2 aromatic rings. The van der Waals surface area contributed by atoms with Gasteiger partial charge in [-0.3, -0.25) is 4.79 Å². The van der Waals surface area contributed by atoms with Gasteiger partial charge in [0.2, 0.25) is 5.91 Å². The zero-order valence-electron chi connectivity index (χ0n) is 11.3. The predicted octanol–water partition coefficient (Wildman–Crippen LogP) is 3.68. The first-order valence-corrected chi connectivity index (χ1v) is 6.98. The molecule has 4 N–H and O–H groups in total. The number of nitrogens with two attached hydrogens (primary N) is 1. The molecule has 6 heteroatoms. The number of benzene rings is 2. The molecule has 0 heterocycles. The summed E-state index contributed by atoms with van der Waals surface area (Å²) in [6.45, 7) is 1.46. The smallest absolute Gasteiger partial charge is 0.221 e. The molecule has 0 bridgehead atoms. The van der Waals surface area contributed by atoms with Gasteiger partial charge in [-0.2, -0.15) is 0 Å². The Labute approximate surface area is 133 Å². The number of rotatable bonds is 4. The Bertz CT molecular complexity index is 703. The number of halogens is 1. The van der Waals surface area contributed by atoms with Crippen molar-refractivity contribution < 1.29 is 4.79 Å². The van der Waals surface area contributed by atoms with Crippen molar-refractivity contribution >= 4 is 51.8 Å². The van der Waals surface area contributed by atoms with Crippen LogP contribution >= 0.6 is 23.8 Å². The quantitative estimate of drug-likeness (QED) is 0.752. The van der Waals surface area contributed by atoms with Gasteiger partial charge in [-0.05, 0) is 36.4 Å². The van der Waals surface area contributed by atoms with Gasteiger partial charge in [0.1, 0.15) is 4.99 Å². The summed E-state index contributed by atoms with van der Waals surface area (Å²) in [7, 11) is 0. The Morgan fingerprint density at radius 1 is 1.19 bits per heavy atom. The van der Waals surface area contributed by atoms with Crippen LogP contribution in [0.3, 0.4) is 0 Å². The molecule has 108 valence electrons. The highest BCUT2D eigenvalue weighted by atomic mass is 35.5. The minimum Gasteiger partial charge on any atom is -0.389 e. The predicted molar refractivity (Wildman–Crippen MR) is 91.4 cm³/mol. The molecule has 0 aromatic heterocycles. The Kier molecular flexibility index (Phi) is 4.77. The van der Waals surface area contributed by atoms with E-state index in [9.17, 15) is 4.79 Å². The lowest BCUT2D eigenvalue weighted by atomic mass is 10.2. The average molecular weight is 320 g/mol. The number of nitrogens with one attached hydrogen (secondary N) is 2. The fourth-order valence-electron chi connectivity index (χ4n) is 1.80. The zero-order valence-corrected chi connectivity index (χ0v) is 12.9. The molecule has 2 rings (SSSR count). The van der Waals surface area contributed by atoms with E-state index in [0.717, 1.165) is 11.4 Å². The van der Waals surface area contributed by atoms with Gasteiger partial charge < -0.3 is 16.4 Å². The molecule has 0 aliphatic rings. The zero-order chi connectivity index (χ0) is 15.4. The fourth-order valence-corrected chi connectivity index (χ4v) is 2.16. The first kappa shape index (κ1) is 15.3. The normalized spacial score (nSPS) is 10.0. The number of hydrogen-bond donors (Lipinski definition) is 3. The van der Waals surface area contributed by atoms with Gasteiger partial charge in [0.05, 0.1) is 10.7 Å². The number of carbonyl (C=O) groups is 1. The Morgan fingerprint density at radius 2 is 1.90 bits per heavy atom. The summed E-state index contributed by atoms with van der Waals surface area (Å²) in [6, 6.07) is 12.7. The highest BCUT2D eigenvalue weighted by Crippen LogP contribution is 2.27. The molecule has 0 saturated carbocycles. The lowest BCUT2D eigenvalue weighted by Crippen LogP contribution is -2.09. The second kappa shape index (κ2) is 6.56. The molecule has 0 aliphatic carbocycles. The van der Waals surface area contributed by atoms with Crippen LogP contribution in [0.25, 0.3) is 0 Å². The van der Waals surface area contributed by atoms with E-state index in [2.05, 4.69) is 10.6 Å². The second-order valence-corrected chi connectivity index (χ2v) is 5.29. The van der Waals surface area contributed by atoms with E-state index in [0.29, 0.717) is 21.3 Å². The maximum Gasteiger partial charge on any atom is 0.221 e. The van der Waals surface area contributed by atoms with Crippen molar-refractivity contribution in [3.05, 3.63) is 53.1 Å². The maximum absolute atomic E-state index is 11.1. The highest BCUT2D eigenvalue weighted by Gasteiger charge is 2.05. The molecule has 0 aliphatic heterocycles. The molecular weight excluding hydrogens is 306 g/mol. The van der Waals surface area contributed by atoms with E-state index in [4.69, 9.17) is 29.6 Å². The lowest BCUT2D eigenvalue weighted by Gasteiger charge is -2.11. The van der Waals surface area contributed by atoms with Crippen LogP contribution < -0.4 is 16.4 Å². The maximum atomic E-state index is 11.1. The average Bonchev–Trinajstić information content (AvgIpc) is 2.40. The molecule has 0 saturated heterocycles. The van der Waals surface area contributed by atoms with Crippen LogP contribution in [0.1, 0.15) is 12.5 Å². The van der Waals surface area contributed by atoms with Crippen molar-refractivity contribution in [1.82, 2.24) is 0 Å². The third kappa shape index (κ3) is 4.18. The van der Waals surface area contributed by atoms with E-state index in [-0.39, 0.29) is 5.91 Å². The van der Waals surface area contributed by atoms with Crippen LogP contribution in [0.2, 0.25) is 5.02 Å². The molecule has 0 unspecified atom stereocenters. The van der Waals surface area contributed by atoms with Crippen molar-refractivity contribution in [3.63, 3.8) is 0 Å². The monoisotopic (exact) mass is 319 g/mol. The van der Waals surface area contributed by atoms with Crippen LogP contribution in [0, 0.1) is 0 Å². The van der Waals surface area contributed by atoms with E-state index >= 15 is 0 Å². The minimum atomic E-state index is -0.119. The van der Waals surface area contributed by atoms with Crippen LogP contribution in [0.4, 0.5) is 17.1 Å². The second-order valence-electron chi connectivity index (χ2n) is 4.45. The third-order valence-electron chi connectivity index (χ3n) is 2.72. The van der Waals surface area contributed by atoms with Crippen LogP contribution in [-0.2, 0) is 4.79 Å². The minimum absolute atomic E-state index is 0.119. The van der Waals surface area contributed by atoms with Gasteiger partial charge in [0.25, 0.3) is 0 Å². The van der Waals surface area contributed by atoms with Crippen LogP contribution in [-0.4, -0.2) is 10.9 Å². The van der Waals surface area contributed by atoms with Crippen molar-refractivity contribution in [2.45, 2.75) is 6.92 Å². The SMILES string of the molecule is CC(=O)Nc1cccc(Nc2ccc(C(N)=S)cc2Cl)c1. The standard InChI is InChI=1S/C15H14ClN3OS/c1-9(20)18-11-3-2-4-12(8-11)19-14-6-5-10(15(17)21)7-13(14)16/h2-8,19H,1H3,(H2,17,21)(H,18,20). The van der Waals surface area contributed by atoms with Gasteiger partial charge in [-0.15, -0.1) is 0 Å². The summed E-state index contributed by atoms with van der Waals surface area (Å²) in [5.41, 5.74) is 8.53. The Morgan fingerprint density at radius 3 is 2.52 bits per heavy atom. The molecule has 2 aromatic carbocycles. The lowest BCUT2D eigenvalue weighted by molar-refractivity contribution is -0.114. The Hall–Kier alpha value is -2.11. The third-order valence-corrected chi connectivity index (χ3v) is 3.26. The number of hydrogen-bond acceptors (Lipinski definition) is 3. The van der Waals surface area contributed by atoms with Crippen LogP contribution in [0.5, 0.6) is 0 Å².